The number of aromatic nitrogens is 5. The van der Waals surface area contributed by atoms with Crippen LogP contribution in [0.2, 0.25) is 0 Å². The Kier molecular flexibility index (Phi) is 8.31. The lowest BCUT2D eigenvalue weighted by Gasteiger charge is -2.25. The maximum Gasteiger partial charge on any atom is 0.340 e. The molecule has 0 bridgehead atoms. The molecule has 5 heterocycles. The molecule has 0 saturated carbocycles. The van der Waals surface area contributed by atoms with Gasteiger partial charge in [0.1, 0.15) is 17.4 Å². The summed E-state index contributed by atoms with van der Waals surface area (Å²) in [4.78, 5) is 65.9. The average molecular weight is 576 g/mol. The van der Waals surface area contributed by atoms with Gasteiger partial charge in [0.15, 0.2) is 18.4 Å². The van der Waals surface area contributed by atoms with Gasteiger partial charge < -0.3 is 18.9 Å². The van der Waals surface area contributed by atoms with E-state index >= 15 is 0 Å². The van der Waals surface area contributed by atoms with Crippen LogP contribution in [0.4, 0.5) is 0 Å². The normalized spacial score (nSPS) is 19.7. The monoisotopic (exact) mass is 575 g/mol. The highest BCUT2D eigenvalue weighted by molar-refractivity contribution is 7.71. The number of hydrogen-bond acceptors (Lipinski definition) is 12. The molecule has 5 rings (SSSR count). The van der Waals surface area contributed by atoms with Crippen molar-refractivity contribution in [2.24, 2.45) is 0 Å². The summed E-state index contributed by atoms with van der Waals surface area (Å²) in [5.74, 6) is -2.34. The van der Waals surface area contributed by atoms with Crippen LogP contribution < -0.4 is 5.69 Å². The first-order valence-corrected chi connectivity index (χ1v) is 12.6. The predicted octanol–water partition coefficient (Wildman–Crippen LogP) is 2.30. The number of carbonyl (C=O) groups is 3. The van der Waals surface area contributed by atoms with Crippen LogP contribution >= 0.6 is 12.2 Å². The van der Waals surface area contributed by atoms with Gasteiger partial charge in [-0.15, -0.1) is 0 Å². The van der Waals surface area contributed by atoms with Crippen LogP contribution in [0.1, 0.15) is 37.3 Å². The zero-order valence-electron chi connectivity index (χ0n) is 21.1. The summed E-state index contributed by atoms with van der Waals surface area (Å²) in [5.41, 5.74) is -0.275. The van der Waals surface area contributed by atoms with Crippen LogP contribution in [-0.2, 0) is 18.9 Å². The minimum absolute atomic E-state index is 0.106. The van der Waals surface area contributed by atoms with Crippen LogP contribution in [0.3, 0.4) is 0 Å². The fraction of sp³-hybridized carbons (Fsp3) is 0.185. The van der Waals surface area contributed by atoms with Crippen molar-refractivity contribution in [3.8, 4) is 0 Å². The van der Waals surface area contributed by atoms with E-state index in [-0.39, 0.29) is 21.3 Å². The van der Waals surface area contributed by atoms with E-state index in [0.717, 1.165) is 4.57 Å². The number of carbonyl (C=O) groups excluding carboxylic acids is 3. The Morgan fingerprint density at radius 3 is 1.88 bits per heavy atom. The van der Waals surface area contributed by atoms with Crippen molar-refractivity contribution in [2.75, 3.05) is 6.61 Å². The van der Waals surface area contributed by atoms with Gasteiger partial charge in [-0.2, -0.15) is 0 Å². The number of H-pyrrole nitrogens is 1. The molecular weight excluding hydrogens is 554 g/mol. The summed E-state index contributed by atoms with van der Waals surface area (Å²) in [7, 11) is 0. The van der Waals surface area contributed by atoms with Crippen molar-refractivity contribution in [1.82, 2.24) is 24.5 Å². The summed E-state index contributed by atoms with van der Waals surface area (Å²) in [6.07, 6.45) is 4.56. The average Bonchev–Trinajstić information content (AvgIpc) is 3.33. The highest BCUT2D eigenvalue weighted by Crippen LogP contribution is 2.34. The Morgan fingerprint density at radius 1 is 0.829 bits per heavy atom. The Bertz CT molecular complexity index is 1650. The Labute approximate surface area is 236 Å². The standard InChI is InChI=1S/C27H21N5O8S/c33-24(16-4-1-8-28-12-16)37-15-19-21(39-25(34)17-5-2-9-29-13-17)22(40-26(35)18-6-3-10-30-14-18)23(38-19)32-11-7-20(41)31-27(32)36/h1-14,19,21-23H,15H2,(H,31,36,41)/t19-,21-,22-,23-/m1/s1. The van der Waals surface area contributed by atoms with Crippen LogP contribution in [0.5, 0.6) is 0 Å². The van der Waals surface area contributed by atoms with Crippen molar-refractivity contribution >= 4 is 30.1 Å². The molecule has 1 N–H and O–H groups in total. The topological polar surface area (TPSA) is 165 Å². The van der Waals surface area contributed by atoms with Gasteiger partial charge in [0.05, 0.1) is 16.7 Å². The van der Waals surface area contributed by atoms with Gasteiger partial charge in [-0.25, -0.2) is 19.2 Å². The zero-order chi connectivity index (χ0) is 28.8. The number of ether oxygens (including phenoxy) is 4. The van der Waals surface area contributed by atoms with Gasteiger partial charge in [0, 0.05) is 43.4 Å². The van der Waals surface area contributed by atoms with E-state index in [4.69, 9.17) is 31.2 Å². The van der Waals surface area contributed by atoms with Crippen molar-refractivity contribution in [3.63, 3.8) is 0 Å². The smallest absolute Gasteiger partial charge is 0.340 e. The number of hydrogen-bond donors (Lipinski definition) is 1. The summed E-state index contributed by atoms with van der Waals surface area (Å²) in [6.45, 7) is -0.423. The van der Waals surface area contributed by atoms with E-state index in [9.17, 15) is 19.2 Å². The SMILES string of the molecule is O=C(OC[C@H]1O[C@@H](n2ccc(=S)[nH]c2=O)[C@H](OC(=O)c2cccnc2)[C@@H]1OC(=O)c1cccnc1)c1cccnc1. The highest BCUT2D eigenvalue weighted by atomic mass is 32.1. The number of esters is 3. The zero-order valence-corrected chi connectivity index (χ0v) is 21.9. The van der Waals surface area contributed by atoms with E-state index < -0.39 is 54.7 Å². The minimum atomic E-state index is -1.37. The molecule has 1 aliphatic heterocycles. The fourth-order valence-electron chi connectivity index (χ4n) is 4.04. The molecule has 1 aliphatic rings. The summed E-state index contributed by atoms with van der Waals surface area (Å²) < 4.78 is 24.3. The maximum atomic E-state index is 13.1. The lowest BCUT2D eigenvalue weighted by Crippen LogP contribution is -2.42. The van der Waals surface area contributed by atoms with Crippen LogP contribution in [0, 0.1) is 4.64 Å². The highest BCUT2D eigenvalue weighted by Gasteiger charge is 2.51. The molecule has 1 saturated heterocycles. The van der Waals surface area contributed by atoms with Gasteiger partial charge in [0.25, 0.3) is 0 Å². The van der Waals surface area contributed by atoms with Crippen molar-refractivity contribution in [3.05, 3.63) is 118 Å². The first-order chi connectivity index (χ1) is 19.9. The number of aromatic amines is 1. The molecule has 4 aromatic heterocycles. The van der Waals surface area contributed by atoms with E-state index in [1.54, 1.807) is 18.2 Å². The van der Waals surface area contributed by atoms with E-state index in [0.29, 0.717) is 0 Å². The minimum Gasteiger partial charge on any atom is -0.459 e. The third-order valence-electron chi connectivity index (χ3n) is 5.97. The molecule has 41 heavy (non-hydrogen) atoms. The molecule has 0 unspecified atom stereocenters. The summed E-state index contributed by atoms with van der Waals surface area (Å²) in [6, 6.07) is 10.6. The number of nitrogens with zero attached hydrogens (tertiary/aromatic N) is 4. The van der Waals surface area contributed by atoms with Crippen LogP contribution in [-0.4, -0.2) is 67.3 Å². The van der Waals surface area contributed by atoms with Gasteiger partial charge in [-0.1, -0.05) is 12.2 Å². The largest absolute Gasteiger partial charge is 0.459 e. The van der Waals surface area contributed by atoms with Gasteiger partial charge >= 0.3 is 23.6 Å². The number of rotatable bonds is 8. The Morgan fingerprint density at radius 2 is 1.37 bits per heavy atom. The molecule has 0 amide bonds. The molecule has 1 fully saturated rings. The number of pyridine rings is 3. The lowest BCUT2D eigenvalue weighted by atomic mass is 10.1. The molecule has 0 spiro atoms. The molecule has 13 nitrogen and oxygen atoms in total. The quantitative estimate of drug-likeness (QED) is 0.185. The molecule has 0 aliphatic carbocycles. The Balaban J connectivity index is 1.50. The lowest BCUT2D eigenvalue weighted by molar-refractivity contribution is -0.0640. The fourth-order valence-corrected chi connectivity index (χ4v) is 4.18. The van der Waals surface area contributed by atoms with Crippen LogP contribution in [0.15, 0.2) is 90.6 Å². The molecule has 14 heteroatoms. The first kappa shape index (κ1) is 27.5. The second-order valence-corrected chi connectivity index (χ2v) is 9.09. The van der Waals surface area contributed by atoms with E-state index in [2.05, 4.69) is 19.9 Å². The molecule has 0 radical (unpaired) electrons. The molecular formula is C27H21N5O8S. The second kappa shape index (κ2) is 12.4. The first-order valence-electron chi connectivity index (χ1n) is 12.2. The summed E-state index contributed by atoms with van der Waals surface area (Å²) in [5, 5.41) is 0. The predicted molar refractivity (Wildman–Crippen MR) is 141 cm³/mol. The second-order valence-electron chi connectivity index (χ2n) is 8.65. The van der Waals surface area contributed by atoms with E-state index in [1.807, 2.05) is 0 Å². The third-order valence-corrected chi connectivity index (χ3v) is 6.21. The van der Waals surface area contributed by atoms with Crippen molar-refractivity contribution in [2.45, 2.75) is 24.5 Å². The van der Waals surface area contributed by atoms with Gasteiger partial charge in [-0.3, -0.25) is 24.5 Å². The Hall–Kier alpha value is -5.08. The molecule has 4 atom stereocenters. The number of nitrogens with one attached hydrogen (secondary N) is 1. The maximum absolute atomic E-state index is 13.1. The van der Waals surface area contributed by atoms with Gasteiger partial charge in [-0.05, 0) is 42.5 Å². The van der Waals surface area contributed by atoms with E-state index in [1.165, 1.54) is 67.6 Å². The third kappa shape index (κ3) is 6.40. The molecule has 208 valence electrons. The molecule has 4 aromatic rings. The van der Waals surface area contributed by atoms with Gasteiger partial charge in [0.2, 0.25) is 0 Å². The molecule has 0 aromatic carbocycles. The van der Waals surface area contributed by atoms with Crippen molar-refractivity contribution in [1.29, 1.82) is 0 Å². The van der Waals surface area contributed by atoms with Crippen LogP contribution in [0.25, 0.3) is 0 Å². The van der Waals surface area contributed by atoms with Crippen molar-refractivity contribution < 1.29 is 33.3 Å². The summed E-state index contributed by atoms with van der Waals surface area (Å²) >= 11 is 5.03.